The first kappa shape index (κ1) is 13.8. The van der Waals surface area contributed by atoms with Gasteiger partial charge in [0.05, 0.1) is 0 Å². The summed E-state index contributed by atoms with van der Waals surface area (Å²) in [6, 6.07) is 8.67. The van der Waals surface area contributed by atoms with E-state index in [4.69, 9.17) is 0 Å². The van der Waals surface area contributed by atoms with Crippen LogP contribution in [-0.4, -0.2) is 41.4 Å². The van der Waals surface area contributed by atoms with Gasteiger partial charge in [0, 0.05) is 38.6 Å². The highest BCUT2D eigenvalue weighted by Gasteiger charge is 2.24. The Hall–Kier alpha value is -2.17. The van der Waals surface area contributed by atoms with E-state index < -0.39 is 0 Å². The van der Waals surface area contributed by atoms with Gasteiger partial charge in [0.2, 0.25) is 0 Å². The van der Waals surface area contributed by atoms with E-state index in [1.165, 1.54) is 5.56 Å². The lowest BCUT2D eigenvalue weighted by Gasteiger charge is -2.37. The molecule has 3 heterocycles. The molecule has 2 aromatic heterocycles. The fourth-order valence-corrected chi connectivity index (χ4v) is 2.84. The fraction of sp³-hybridized carbons (Fsp3) is 0.438. The van der Waals surface area contributed by atoms with Crippen LogP contribution in [0.1, 0.15) is 18.4 Å². The van der Waals surface area contributed by atoms with E-state index in [1.54, 1.807) is 6.20 Å². The highest BCUT2D eigenvalue weighted by atomic mass is 15.3. The third-order valence-electron chi connectivity index (χ3n) is 4.16. The number of hydrogen-bond acceptors (Lipinski definition) is 5. The average molecular weight is 283 g/mol. The van der Waals surface area contributed by atoms with Crippen molar-refractivity contribution in [2.24, 2.45) is 0 Å². The first-order chi connectivity index (χ1) is 10.2. The normalized spacial score (nSPS) is 16.0. The van der Waals surface area contributed by atoms with E-state index in [0.29, 0.717) is 6.04 Å². The Bertz CT molecular complexity index is 578. The van der Waals surface area contributed by atoms with Gasteiger partial charge in [-0.25, -0.2) is 4.98 Å². The summed E-state index contributed by atoms with van der Waals surface area (Å²) in [5.41, 5.74) is 1.26. The molecule has 2 aromatic rings. The van der Waals surface area contributed by atoms with Crippen molar-refractivity contribution in [1.29, 1.82) is 0 Å². The van der Waals surface area contributed by atoms with Crippen LogP contribution in [-0.2, 0) is 0 Å². The molecule has 1 aliphatic heterocycles. The zero-order valence-corrected chi connectivity index (χ0v) is 12.6. The van der Waals surface area contributed by atoms with Crippen molar-refractivity contribution in [1.82, 2.24) is 15.2 Å². The van der Waals surface area contributed by atoms with Crippen molar-refractivity contribution >= 4 is 11.6 Å². The van der Waals surface area contributed by atoms with Gasteiger partial charge in [-0.1, -0.05) is 0 Å². The first-order valence-corrected chi connectivity index (χ1v) is 7.42. The van der Waals surface area contributed by atoms with Gasteiger partial charge in [0.25, 0.3) is 0 Å². The second kappa shape index (κ2) is 6.08. The molecule has 0 N–H and O–H groups in total. The number of aromatic nitrogens is 3. The highest BCUT2D eigenvalue weighted by molar-refractivity contribution is 5.42. The second-order valence-corrected chi connectivity index (χ2v) is 5.60. The molecular weight excluding hydrogens is 262 g/mol. The maximum atomic E-state index is 4.48. The Morgan fingerprint density at radius 3 is 2.67 bits per heavy atom. The van der Waals surface area contributed by atoms with Crippen molar-refractivity contribution in [2.45, 2.75) is 25.8 Å². The van der Waals surface area contributed by atoms with Crippen LogP contribution in [0.3, 0.4) is 0 Å². The molecular formula is C16H21N5. The van der Waals surface area contributed by atoms with Crippen LogP contribution in [0.2, 0.25) is 0 Å². The Balaban J connectivity index is 1.63. The average Bonchev–Trinajstić information content (AvgIpc) is 2.55. The molecule has 0 saturated carbocycles. The van der Waals surface area contributed by atoms with Crippen LogP contribution >= 0.6 is 0 Å². The highest BCUT2D eigenvalue weighted by Crippen LogP contribution is 2.23. The zero-order chi connectivity index (χ0) is 14.7. The van der Waals surface area contributed by atoms with E-state index >= 15 is 0 Å². The molecule has 1 fully saturated rings. The quantitative estimate of drug-likeness (QED) is 0.865. The zero-order valence-electron chi connectivity index (χ0n) is 12.6. The Morgan fingerprint density at radius 2 is 2.00 bits per heavy atom. The predicted molar refractivity (Wildman–Crippen MR) is 84.6 cm³/mol. The van der Waals surface area contributed by atoms with Crippen LogP contribution in [0.15, 0.2) is 36.7 Å². The molecule has 0 aromatic carbocycles. The maximum absolute atomic E-state index is 4.48. The molecule has 0 amide bonds. The molecule has 0 unspecified atom stereocenters. The summed E-state index contributed by atoms with van der Waals surface area (Å²) in [7, 11) is 2.11. The summed E-state index contributed by atoms with van der Waals surface area (Å²) in [4.78, 5) is 9.09. The monoisotopic (exact) mass is 283 g/mol. The summed E-state index contributed by atoms with van der Waals surface area (Å²) in [5.74, 6) is 2.04. The third kappa shape index (κ3) is 3.12. The van der Waals surface area contributed by atoms with Crippen LogP contribution in [0.25, 0.3) is 0 Å². The Labute approximate surface area is 125 Å². The molecule has 5 heteroatoms. The second-order valence-electron chi connectivity index (χ2n) is 5.60. The van der Waals surface area contributed by atoms with Gasteiger partial charge in [0.15, 0.2) is 5.82 Å². The SMILES string of the molecule is Cc1ccnc(N2CCC(N(C)c3cccnn3)CC2)c1. The van der Waals surface area contributed by atoms with Crippen LogP contribution in [0.4, 0.5) is 11.6 Å². The summed E-state index contributed by atoms with van der Waals surface area (Å²) < 4.78 is 0. The minimum atomic E-state index is 0.516. The fourth-order valence-electron chi connectivity index (χ4n) is 2.84. The van der Waals surface area contributed by atoms with Crippen LogP contribution in [0.5, 0.6) is 0 Å². The van der Waals surface area contributed by atoms with E-state index in [2.05, 4.69) is 45.0 Å². The number of piperidine rings is 1. The van der Waals surface area contributed by atoms with E-state index in [1.807, 2.05) is 24.4 Å². The molecule has 0 radical (unpaired) electrons. The molecule has 1 saturated heterocycles. The standard InChI is InChI=1S/C16H21N5/c1-13-5-9-17-16(12-13)21-10-6-14(7-11-21)20(2)15-4-3-8-18-19-15/h3-5,8-9,12,14H,6-7,10-11H2,1-2H3. The Kier molecular flexibility index (Phi) is 3.99. The molecule has 5 nitrogen and oxygen atoms in total. The molecule has 1 aliphatic rings. The van der Waals surface area contributed by atoms with Gasteiger partial charge in [-0.2, -0.15) is 5.10 Å². The number of pyridine rings is 1. The Morgan fingerprint density at radius 1 is 1.19 bits per heavy atom. The van der Waals surface area contributed by atoms with Crippen LogP contribution in [0, 0.1) is 6.92 Å². The van der Waals surface area contributed by atoms with E-state index in [9.17, 15) is 0 Å². The van der Waals surface area contributed by atoms with Gasteiger partial charge < -0.3 is 9.80 Å². The van der Waals surface area contributed by atoms with Gasteiger partial charge in [0.1, 0.15) is 5.82 Å². The minimum absolute atomic E-state index is 0.516. The van der Waals surface area contributed by atoms with Gasteiger partial charge in [-0.05, 0) is 49.6 Å². The summed E-state index contributed by atoms with van der Waals surface area (Å²) >= 11 is 0. The smallest absolute Gasteiger partial charge is 0.151 e. The minimum Gasteiger partial charge on any atom is -0.356 e. The lowest BCUT2D eigenvalue weighted by atomic mass is 10.0. The molecule has 0 bridgehead atoms. The molecule has 21 heavy (non-hydrogen) atoms. The molecule has 3 rings (SSSR count). The molecule has 110 valence electrons. The van der Waals surface area contributed by atoms with Crippen molar-refractivity contribution in [3.05, 3.63) is 42.2 Å². The summed E-state index contributed by atoms with van der Waals surface area (Å²) in [5, 5.41) is 8.15. The lowest BCUT2D eigenvalue weighted by Crippen LogP contribution is -2.44. The van der Waals surface area contributed by atoms with Crippen LogP contribution < -0.4 is 9.80 Å². The van der Waals surface area contributed by atoms with Crippen molar-refractivity contribution < 1.29 is 0 Å². The molecule has 0 aliphatic carbocycles. The lowest BCUT2D eigenvalue weighted by molar-refractivity contribution is 0.477. The number of rotatable bonds is 3. The van der Waals surface area contributed by atoms with E-state index in [-0.39, 0.29) is 0 Å². The summed E-state index contributed by atoms with van der Waals surface area (Å²) in [6.07, 6.45) is 5.83. The van der Waals surface area contributed by atoms with Crippen molar-refractivity contribution in [3.8, 4) is 0 Å². The molecule has 0 atom stereocenters. The van der Waals surface area contributed by atoms with Gasteiger partial charge >= 0.3 is 0 Å². The third-order valence-corrected chi connectivity index (χ3v) is 4.16. The van der Waals surface area contributed by atoms with E-state index in [0.717, 1.165) is 37.6 Å². The van der Waals surface area contributed by atoms with Gasteiger partial charge in [-0.3, -0.25) is 0 Å². The van der Waals surface area contributed by atoms with Crippen molar-refractivity contribution in [3.63, 3.8) is 0 Å². The topological polar surface area (TPSA) is 45.2 Å². The molecule has 0 spiro atoms. The van der Waals surface area contributed by atoms with Crippen molar-refractivity contribution in [2.75, 3.05) is 29.9 Å². The number of nitrogens with zero attached hydrogens (tertiary/aromatic N) is 5. The predicted octanol–water partition coefficient (Wildman–Crippen LogP) is 2.29. The maximum Gasteiger partial charge on any atom is 0.151 e. The number of hydrogen-bond donors (Lipinski definition) is 0. The number of aryl methyl sites for hydroxylation is 1. The summed E-state index contributed by atoms with van der Waals surface area (Å²) in [6.45, 7) is 4.18. The van der Waals surface area contributed by atoms with Gasteiger partial charge in [-0.15, -0.1) is 5.10 Å². The number of anilines is 2. The largest absolute Gasteiger partial charge is 0.356 e. The first-order valence-electron chi connectivity index (χ1n) is 7.42.